The van der Waals surface area contributed by atoms with Crippen LogP contribution in [-0.2, 0) is 14.3 Å². The van der Waals surface area contributed by atoms with Gasteiger partial charge >= 0.3 is 16.5 Å². The number of hydrogen-bond donors (Lipinski definition) is 1. The molecule has 0 bridgehead atoms. The van der Waals surface area contributed by atoms with E-state index in [2.05, 4.69) is 14.2 Å². The Morgan fingerprint density at radius 1 is 1.24 bits per heavy atom. The molecule has 0 saturated heterocycles. The second-order valence-corrected chi connectivity index (χ2v) is 4.50. The van der Waals surface area contributed by atoms with Gasteiger partial charge in [-0.05, 0) is 12.1 Å². The first-order valence-corrected chi connectivity index (χ1v) is 5.66. The molecule has 0 aliphatic carbocycles. The van der Waals surface area contributed by atoms with E-state index in [4.69, 9.17) is 0 Å². The normalized spacial score (nSPS) is 13.1. The summed E-state index contributed by atoms with van der Waals surface area (Å²) in [5.41, 5.74) is 0.536. The van der Waals surface area contributed by atoms with Gasteiger partial charge in [-0.3, -0.25) is 0 Å². The SMILES string of the molecule is O=S(=O)(OC(F)(F)F)c1nc2ccccc2[nH]1. The van der Waals surface area contributed by atoms with Crippen molar-refractivity contribution in [1.29, 1.82) is 0 Å². The van der Waals surface area contributed by atoms with Crippen molar-refractivity contribution in [2.75, 3.05) is 0 Å². The van der Waals surface area contributed by atoms with Crippen LogP contribution in [0.5, 0.6) is 0 Å². The van der Waals surface area contributed by atoms with Gasteiger partial charge in [0.2, 0.25) is 0 Å². The van der Waals surface area contributed by atoms with Crippen molar-refractivity contribution in [1.82, 2.24) is 9.97 Å². The van der Waals surface area contributed by atoms with E-state index in [9.17, 15) is 21.6 Å². The van der Waals surface area contributed by atoms with E-state index in [0.717, 1.165) is 0 Å². The molecule has 2 rings (SSSR count). The first kappa shape index (κ1) is 11.9. The van der Waals surface area contributed by atoms with E-state index in [-0.39, 0.29) is 5.52 Å². The lowest BCUT2D eigenvalue weighted by Gasteiger charge is -2.04. The number of para-hydroxylation sites is 2. The number of nitrogens with one attached hydrogen (secondary N) is 1. The van der Waals surface area contributed by atoms with Crippen LogP contribution in [0.4, 0.5) is 13.2 Å². The van der Waals surface area contributed by atoms with Crippen LogP contribution in [0.2, 0.25) is 0 Å². The van der Waals surface area contributed by atoms with Crippen LogP contribution in [-0.4, -0.2) is 24.7 Å². The van der Waals surface area contributed by atoms with Crippen molar-refractivity contribution in [2.24, 2.45) is 0 Å². The summed E-state index contributed by atoms with van der Waals surface area (Å²) in [7, 11) is -4.97. The lowest BCUT2D eigenvalue weighted by Crippen LogP contribution is -2.20. The molecule has 5 nitrogen and oxygen atoms in total. The Labute approximate surface area is 93.4 Å². The molecule has 92 valence electrons. The molecule has 9 heteroatoms. The Bertz CT molecular complexity index is 614. The molecule has 2 aromatic rings. The fourth-order valence-corrected chi connectivity index (χ4v) is 1.98. The minimum Gasteiger partial charge on any atom is -0.327 e. The number of nitrogens with zero attached hydrogens (tertiary/aromatic N) is 1. The summed E-state index contributed by atoms with van der Waals surface area (Å²) >= 11 is 0. The van der Waals surface area contributed by atoms with Crippen molar-refractivity contribution in [3.05, 3.63) is 24.3 Å². The standard InChI is InChI=1S/C8H5F3N2O3S/c9-8(10,11)16-17(14,15)7-12-5-3-1-2-4-6(5)13-7/h1-4H,(H,12,13). The average molecular weight is 266 g/mol. The molecule has 1 aromatic heterocycles. The quantitative estimate of drug-likeness (QED) is 0.841. The van der Waals surface area contributed by atoms with Gasteiger partial charge in [0, 0.05) is 0 Å². The lowest BCUT2D eigenvalue weighted by molar-refractivity contribution is -0.272. The topological polar surface area (TPSA) is 72.1 Å². The Morgan fingerprint density at radius 2 is 1.88 bits per heavy atom. The smallest absolute Gasteiger partial charge is 0.327 e. The maximum Gasteiger partial charge on any atom is 0.537 e. The van der Waals surface area contributed by atoms with E-state index in [0.29, 0.717) is 5.52 Å². The van der Waals surface area contributed by atoms with E-state index in [1.54, 1.807) is 12.1 Å². The van der Waals surface area contributed by atoms with Gasteiger partial charge in [0.15, 0.2) is 0 Å². The van der Waals surface area contributed by atoms with Gasteiger partial charge in [-0.15, -0.1) is 13.2 Å². The Hall–Kier alpha value is -1.61. The zero-order chi connectivity index (χ0) is 12.7. The summed E-state index contributed by atoms with van der Waals surface area (Å²) in [6.45, 7) is 0. The number of H-pyrrole nitrogens is 1. The predicted molar refractivity (Wildman–Crippen MR) is 50.4 cm³/mol. The fraction of sp³-hybridized carbons (Fsp3) is 0.125. The summed E-state index contributed by atoms with van der Waals surface area (Å²) < 4.78 is 60.9. The van der Waals surface area contributed by atoms with Crippen LogP contribution in [0.3, 0.4) is 0 Å². The number of aromatic amines is 1. The van der Waals surface area contributed by atoms with E-state index in [1.807, 2.05) is 0 Å². The largest absolute Gasteiger partial charge is 0.537 e. The highest BCUT2D eigenvalue weighted by molar-refractivity contribution is 7.86. The molecule has 1 N–H and O–H groups in total. The minimum absolute atomic E-state index is 0.233. The Balaban J connectivity index is 2.46. The number of hydrogen-bond acceptors (Lipinski definition) is 4. The van der Waals surface area contributed by atoms with Crippen LogP contribution in [0.1, 0.15) is 0 Å². The van der Waals surface area contributed by atoms with Gasteiger partial charge in [0.05, 0.1) is 11.0 Å². The second-order valence-electron chi connectivity index (χ2n) is 3.04. The van der Waals surface area contributed by atoms with Crippen LogP contribution in [0, 0.1) is 0 Å². The van der Waals surface area contributed by atoms with Gasteiger partial charge in [0.25, 0.3) is 5.16 Å². The molecule has 0 fully saturated rings. The van der Waals surface area contributed by atoms with Gasteiger partial charge in [-0.1, -0.05) is 12.1 Å². The number of aromatic nitrogens is 2. The predicted octanol–water partition coefficient (Wildman–Crippen LogP) is 1.79. The molecular weight excluding hydrogens is 261 g/mol. The molecule has 0 atom stereocenters. The maximum atomic E-state index is 11.8. The first-order valence-electron chi connectivity index (χ1n) is 4.25. The number of fused-ring (bicyclic) bond motifs is 1. The maximum absolute atomic E-state index is 11.8. The van der Waals surface area contributed by atoms with Gasteiger partial charge in [-0.2, -0.15) is 12.6 Å². The Kier molecular flexibility index (Phi) is 2.59. The summed E-state index contributed by atoms with van der Waals surface area (Å²) in [6.07, 6.45) is -5.28. The van der Waals surface area contributed by atoms with Crippen molar-refractivity contribution in [2.45, 2.75) is 11.5 Å². The molecule has 0 aliphatic heterocycles. The Morgan fingerprint density at radius 3 is 2.47 bits per heavy atom. The molecule has 1 aromatic carbocycles. The van der Waals surface area contributed by atoms with Gasteiger partial charge < -0.3 is 4.98 Å². The molecule has 0 spiro atoms. The van der Waals surface area contributed by atoms with Crippen LogP contribution < -0.4 is 0 Å². The molecule has 0 saturated carbocycles. The molecule has 0 amide bonds. The second kappa shape index (κ2) is 3.70. The highest BCUT2D eigenvalue weighted by atomic mass is 32.2. The highest BCUT2D eigenvalue weighted by Crippen LogP contribution is 2.24. The fourth-order valence-electron chi connectivity index (χ4n) is 1.21. The van der Waals surface area contributed by atoms with Crippen molar-refractivity contribution in [3.63, 3.8) is 0 Å². The molecular formula is C8H5F3N2O3S. The molecule has 0 radical (unpaired) electrons. The van der Waals surface area contributed by atoms with E-state index >= 15 is 0 Å². The summed E-state index contributed by atoms with van der Waals surface area (Å²) in [4.78, 5) is 5.73. The number of rotatable bonds is 2. The monoisotopic (exact) mass is 266 g/mol. The zero-order valence-corrected chi connectivity index (χ0v) is 8.84. The number of alkyl halides is 3. The zero-order valence-electron chi connectivity index (χ0n) is 8.02. The van der Waals surface area contributed by atoms with Crippen LogP contribution in [0.25, 0.3) is 11.0 Å². The average Bonchev–Trinajstić information content (AvgIpc) is 2.57. The summed E-state index contributed by atoms with van der Waals surface area (Å²) in [6, 6.07) is 6.10. The molecule has 1 heterocycles. The third kappa shape index (κ3) is 2.56. The number of imidazole rings is 1. The van der Waals surface area contributed by atoms with Crippen LogP contribution >= 0.6 is 0 Å². The summed E-state index contributed by atoms with van der Waals surface area (Å²) in [5, 5.41) is -0.879. The lowest BCUT2D eigenvalue weighted by atomic mass is 10.3. The minimum atomic E-state index is -5.28. The highest BCUT2D eigenvalue weighted by Gasteiger charge is 2.39. The van der Waals surface area contributed by atoms with Crippen molar-refractivity contribution in [3.8, 4) is 0 Å². The molecule has 0 unspecified atom stereocenters. The molecule has 17 heavy (non-hydrogen) atoms. The van der Waals surface area contributed by atoms with Crippen molar-refractivity contribution >= 4 is 21.2 Å². The number of benzene rings is 1. The van der Waals surface area contributed by atoms with E-state index < -0.39 is 21.6 Å². The van der Waals surface area contributed by atoms with Gasteiger partial charge in [0.1, 0.15) is 0 Å². The van der Waals surface area contributed by atoms with Crippen molar-refractivity contribution < 1.29 is 25.8 Å². The number of halogens is 3. The summed E-state index contributed by atoms with van der Waals surface area (Å²) in [5.74, 6) is 0. The van der Waals surface area contributed by atoms with E-state index in [1.165, 1.54) is 12.1 Å². The van der Waals surface area contributed by atoms with Gasteiger partial charge in [-0.25, -0.2) is 4.98 Å². The van der Waals surface area contributed by atoms with Crippen LogP contribution in [0.15, 0.2) is 29.4 Å². The third-order valence-corrected chi connectivity index (χ3v) is 2.88. The first-order chi connectivity index (χ1) is 7.78. The third-order valence-electron chi connectivity index (χ3n) is 1.81. The molecule has 0 aliphatic rings.